The maximum absolute atomic E-state index is 5.86. The smallest absolute Gasteiger partial charge is 0.191 e. The van der Waals surface area contributed by atoms with Crippen molar-refractivity contribution in [2.45, 2.75) is 25.3 Å². The van der Waals surface area contributed by atoms with Gasteiger partial charge in [-0.25, -0.2) is 0 Å². The Morgan fingerprint density at radius 1 is 1.55 bits per heavy atom. The van der Waals surface area contributed by atoms with Crippen molar-refractivity contribution in [3.63, 3.8) is 0 Å². The summed E-state index contributed by atoms with van der Waals surface area (Å²) >= 11 is 0. The summed E-state index contributed by atoms with van der Waals surface area (Å²) < 4.78 is 0. The molecule has 5 heteroatoms. The fourth-order valence-electron chi connectivity index (χ4n) is 1.32. The lowest BCUT2D eigenvalue weighted by Gasteiger charge is -2.28. The summed E-state index contributed by atoms with van der Waals surface area (Å²) in [5.41, 5.74) is 5.86. The third-order valence-electron chi connectivity index (χ3n) is 2.32. The van der Waals surface area contributed by atoms with Crippen molar-refractivity contribution in [3.8, 4) is 0 Å². The highest BCUT2D eigenvalue weighted by Gasteiger charge is 2.27. The normalized spacial score (nSPS) is 21.2. The maximum atomic E-state index is 5.86. The van der Waals surface area contributed by atoms with Gasteiger partial charge in [-0.15, -0.1) is 10.2 Å². The van der Waals surface area contributed by atoms with Crippen LogP contribution >= 0.6 is 0 Å². The highest BCUT2D eigenvalue weighted by molar-refractivity contribution is 4.93. The highest BCUT2D eigenvalue weighted by atomic mass is 15.5. The second-order valence-electron chi connectivity index (χ2n) is 2.99. The van der Waals surface area contributed by atoms with E-state index in [0.29, 0.717) is 11.7 Å². The standard InChI is InChI=1S/C6H11N5/c7-5(4-2-1-3-4)6-8-10-11-9-6/h4-5H,1-3,7H2,(H,8,9,10,11). The molecule has 1 aromatic heterocycles. The van der Waals surface area contributed by atoms with Crippen LogP contribution in [-0.2, 0) is 0 Å². The summed E-state index contributed by atoms with van der Waals surface area (Å²) in [6.07, 6.45) is 3.70. The molecular weight excluding hydrogens is 142 g/mol. The zero-order valence-corrected chi connectivity index (χ0v) is 6.20. The van der Waals surface area contributed by atoms with Gasteiger partial charge >= 0.3 is 0 Å². The van der Waals surface area contributed by atoms with Crippen molar-refractivity contribution in [1.82, 2.24) is 20.6 Å². The second kappa shape index (κ2) is 2.58. The van der Waals surface area contributed by atoms with Crippen LogP contribution in [0.25, 0.3) is 0 Å². The lowest BCUT2D eigenvalue weighted by Crippen LogP contribution is -2.27. The second-order valence-corrected chi connectivity index (χ2v) is 2.99. The first-order chi connectivity index (χ1) is 5.38. The van der Waals surface area contributed by atoms with Crippen LogP contribution in [0.5, 0.6) is 0 Å². The van der Waals surface area contributed by atoms with E-state index < -0.39 is 0 Å². The number of nitrogens with two attached hydrogens (primary N) is 1. The minimum atomic E-state index is -0.0116. The van der Waals surface area contributed by atoms with E-state index >= 15 is 0 Å². The van der Waals surface area contributed by atoms with Gasteiger partial charge in [-0.05, 0) is 18.8 Å². The number of nitrogens with one attached hydrogen (secondary N) is 1. The molecule has 2 rings (SSSR count). The molecular formula is C6H11N5. The molecule has 0 saturated heterocycles. The van der Waals surface area contributed by atoms with Crippen LogP contribution in [0.3, 0.4) is 0 Å². The van der Waals surface area contributed by atoms with Gasteiger partial charge in [0, 0.05) is 0 Å². The first-order valence-electron chi connectivity index (χ1n) is 3.87. The average molecular weight is 153 g/mol. The van der Waals surface area contributed by atoms with Crippen LogP contribution < -0.4 is 5.73 Å². The Bertz CT molecular complexity index is 215. The van der Waals surface area contributed by atoms with Gasteiger partial charge in [-0.2, -0.15) is 5.21 Å². The number of aromatic nitrogens is 4. The minimum Gasteiger partial charge on any atom is -0.321 e. The first-order valence-corrected chi connectivity index (χ1v) is 3.87. The number of hydrogen-bond acceptors (Lipinski definition) is 4. The van der Waals surface area contributed by atoms with Crippen LogP contribution in [0.4, 0.5) is 0 Å². The van der Waals surface area contributed by atoms with Crippen LogP contribution in [0.1, 0.15) is 31.1 Å². The summed E-state index contributed by atoms with van der Waals surface area (Å²) in [5, 5.41) is 13.6. The van der Waals surface area contributed by atoms with Gasteiger partial charge < -0.3 is 5.73 Å². The van der Waals surface area contributed by atoms with E-state index in [1.165, 1.54) is 19.3 Å². The SMILES string of the molecule is NC(c1nn[nH]n1)C1CCC1. The molecule has 0 bridgehead atoms. The van der Waals surface area contributed by atoms with E-state index in [-0.39, 0.29) is 6.04 Å². The van der Waals surface area contributed by atoms with Gasteiger partial charge in [0.1, 0.15) is 0 Å². The van der Waals surface area contributed by atoms with Gasteiger partial charge in [0.15, 0.2) is 5.82 Å². The van der Waals surface area contributed by atoms with Crippen molar-refractivity contribution in [2.24, 2.45) is 11.7 Å². The molecule has 0 amide bonds. The molecule has 0 aliphatic heterocycles. The first kappa shape index (κ1) is 6.72. The fraction of sp³-hybridized carbons (Fsp3) is 0.833. The number of H-pyrrole nitrogens is 1. The Morgan fingerprint density at radius 2 is 2.36 bits per heavy atom. The molecule has 0 aromatic carbocycles. The largest absolute Gasteiger partial charge is 0.321 e. The average Bonchev–Trinajstić information content (AvgIpc) is 2.32. The van der Waals surface area contributed by atoms with Crippen LogP contribution in [0.15, 0.2) is 0 Å². The lowest BCUT2D eigenvalue weighted by atomic mass is 9.80. The summed E-state index contributed by atoms with van der Waals surface area (Å²) in [5.74, 6) is 1.22. The van der Waals surface area contributed by atoms with E-state index in [1.807, 2.05) is 0 Å². The van der Waals surface area contributed by atoms with Crippen molar-refractivity contribution in [3.05, 3.63) is 5.82 Å². The molecule has 3 N–H and O–H groups in total. The Morgan fingerprint density at radius 3 is 2.82 bits per heavy atom. The Balaban J connectivity index is 2.04. The number of rotatable bonds is 2. The van der Waals surface area contributed by atoms with Gasteiger partial charge in [0.05, 0.1) is 6.04 Å². The van der Waals surface area contributed by atoms with E-state index in [9.17, 15) is 0 Å². The van der Waals surface area contributed by atoms with Crippen molar-refractivity contribution in [1.29, 1.82) is 0 Å². The summed E-state index contributed by atoms with van der Waals surface area (Å²) in [4.78, 5) is 0. The molecule has 11 heavy (non-hydrogen) atoms. The van der Waals surface area contributed by atoms with E-state index in [2.05, 4.69) is 20.6 Å². The third-order valence-corrected chi connectivity index (χ3v) is 2.32. The maximum Gasteiger partial charge on any atom is 0.191 e. The molecule has 1 unspecified atom stereocenters. The predicted octanol–water partition coefficient (Wildman–Crippen LogP) is -0.000400. The van der Waals surface area contributed by atoms with Gasteiger partial charge in [0.25, 0.3) is 0 Å². The molecule has 1 aromatic rings. The van der Waals surface area contributed by atoms with E-state index in [4.69, 9.17) is 5.73 Å². The Kier molecular flexibility index (Phi) is 1.58. The lowest BCUT2D eigenvalue weighted by molar-refractivity contribution is 0.257. The quantitative estimate of drug-likeness (QED) is 0.626. The van der Waals surface area contributed by atoms with Crippen molar-refractivity contribution >= 4 is 0 Å². The van der Waals surface area contributed by atoms with Gasteiger partial charge in [0.2, 0.25) is 0 Å². The van der Waals surface area contributed by atoms with Crippen molar-refractivity contribution in [2.75, 3.05) is 0 Å². The molecule has 1 aliphatic rings. The molecule has 0 radical (unpaired) electrons. The molecule has 1 saturated carbocycles. The molecule has 1 fully saturated rings. The van der Waals surface area contributed by atoms with Gasteiger partial charge in [-0.1, -0.05) is 11.6 Å². The third kappa shape index (κ3) is 1.11. The molecule has 1 aliphatic carbocycles. The molecule has 1 atom stereocenters. The topological polar surface area (TPSA) is 80.5 Å². The molecule has 60 valence electrons. The zero-order valence-electron chi connectivity index (χ0n) is 6.20. The number of tetrazole rings is 1. The van der Waals surface area contributed by atoms with Gasteiger partial charge in [-0.3, -0.25) is 0 Å². The molecule has 5 nitrogen and oxygen atoms in total. The predicted molar refractivity (Wildman–Crippen MR) is 38.4 cm³/mol. The van der Waals surface area contributed by atoms with Crippen LogP contribution in [0, 0.1) is 5.92 Å². The fourth-order valence-corrected chi connectivity index (χ4v) is 1.32. The molecule has 1 heterocycles. The zero-order chi connectivity index (χ0) is 7.68. The Hall–Kier alpha value is -0.970. The molecule has 0 spiro atoms. The minimum absolute atomic E-state index is 0.0116. The number of aromatic amines is 1. The van der Waals surface area contributed by atoms with Crippen LogP contribution in [-0.4, -0.2) is 20.6 Å². The van der Waals surface area contributed by atoms with E-state index in [0.717, 1.165) is 0 Å². The Labute approximate surface area is 64.4 Å². The summed E-state index contributed by atoms with van der Waals surface area (Å²) in [6.45, 7) is 0. The summed E-state index contributed by atoms with van der Waals surface area (Å²) in [7, 11) is 0. The van der Waals surface area contributed by atoms with Crippen molar-refractivity contribution < 1.29 is 0 Å². The summed E-state index contributed by atoms with van der Waals surface area (Å²) in [6, 6.07) is -0.0116. The highest BCUT2D eigenvalue weighted by Crippen LogP contribution is 2.34. The van der Waals surface area contributed by atoms with Crippen LogP contribution in [0.2, 0.25) is 0 Å². The number of hydrogen-bond donors (Lipinski definition) is 2. The van der Waals surface area contributed by atoms with E-state index in [1.54, 1.807) is 0 Å². The number of nitrogens with zero attached hydrogens (tertiary/aromatic N) is 3. The monoisotopic (exact) mass is 153 g/mol.